The Morgan fingerprint density at radius 3 is 1.72 bits per heavy atom. The molecule has 0 spiro atoms. The van der Waals surface area contributed by atoms with Gasteiger partial charge in [0.05, 0.1) is 56.9 Å². The average molecular weight is 827 g/mol. The van der Waals surface area contributed by atoms with Crippen LogP contribution in [0.4, 0.5) is 0 Å². The molecule has 15 nitrogen and oxygen atoms in total. The summed E-state index contributed by atoms with van der Waals surface area (Å²) in [5, 5.41) is 5.63. The summed E-state index contributed by atoms with van der Waals surface area (Å²) in [5.74, 6) is -0.649. The summed E-state index contributed by atoms with van der Waals surface area (Å²) in [4.78, 5) is 54.5. The summed E-state index contributed by atoms with van der Waals surface area (Å²) in [6.07, 6.45) is 1.96. The third kappa shape index (κ3) is 9.85. The van der Waals surface area contributed by atoms with Crippen LogP contribution in [0.25, 0.3) is 6.08 Å². The number of rotatable bonds is 18. The van der Waals surface area contributed by atoms with Gasteiger partial charge >= 0.3 is 11.9 Å². The molecule has 1 aliphatic rings. The Kier molecular flexibility index (Phi) is 14.9. The summed E-state index contributed by atoms with van der Waals surface area (Å²) in [5.41, 5.74) is 3.66. The second kappa shape index (κ2) is 20.2. The minimum absolute atomic E-state index is 0.0437. The SMILES string of the molecule is COC(=O)C(Cc1ccc(C)c(OC)c1)NC(=O)/C=C/c1ccc(OC)c2c1C(C(=O)NC(Cc1ccc(OC)c(OC)c1)C(=O)OC)C(c1ccc(OC)c(OC)c1)O2. The van der Waals surface area contributed by atoms with Crippen molar-refractivity contribution in [2.45, 2.75) is 43.9 Å². The van der Waals surface area contributed by atoms with E-state index >= 15 is 0 Å². The summed E-state index contributed by atoms with van der Waals surface area (Å²) in [6, 6.07) is 17.0. The molecule has 1 aliphatic heterocycles. The first-order valence-electron chi connectivity index (χ1n) is 18.8. The lowest BCUT2D eigenvalue weighted by Gasteiger charge is -2.24. The second-order valence-electron chi connectivity index (χ2n) is 13.6. The molecule has 60 heavy (non-hydrogen) atoms. The minimum Gasteiger partial charge on any atom is -0.496 e. The van der Waals surface area contributed by atoms with Gasteiger partial charge in [-0.05, 0) is 77.2 Å². The molecule has 0 radical (unpaired) electrons. The van der Waals surface area contributed by atoms with Crippen LogP contribution in [0.5, 0.6) is 40.2 Å². The molecule has 15 heteroatoms. The number of esters is 2. The fraction of sp³-hybridized carbons (Fsp3) is 0.333. The van der Waals surface area contributed by atoms with Gasteiger partial charge in [0, 0.05) is 24.5 Å². The minimum atomic E-state index is -1.14. The van der Waals surface area contributed by atoms with Crippen LogP contribution in [0.15, 0.2) is 72.8 Å². The smallest absolute Gasteiger partial charge is 0.328 e. The lowest BCUT2D eigenvalue weighted by molar-refractivity contribution is -0.145. The number of fused-ring (bicyclic) bond motifs is 1. The van der Waals surface area contributed by atoms with Crippen LogP contribution in [0.2, 0.25) is 0 Å². The average Bonchev–Trinajstić information content (AvgIpc) is 3.68. The summed E-state index contributed by atoms with van der Waals surface area (Å²) in [7, 11) is 11.5. The van der Waals surface area contributed by atoms with Gasteiger partial charge in [0.25, 0.3) is 0 Å². The van der Waals surface area contributed by atoms with E-state index in [1.165, 1.54) is 61.9 Å². The van der Waals surface area contributed by atoms with Gasteiger partial charge in [-0.3, -0.25) is 9.59 Å². The van der Waals surface area contributed by atoms with E-state index in [0.29, 0.717) is 56.8 Å². The molecule has 4 atom stereocenters. The molecule has 4 unspecified atom stereocenters. The first kappa shape index (κ1) is 44.2. The molecule has 0 aromatic heterocycles. The van der Waals surface area contributed by atoms with Crippen molar-refractivity contribution in [2.75, 3.05) is 56.9 Å². The topological polar surface area (TPSA) is 175 Å². The van der Waals surface area contributed by atoms with Crippen molar-refractivity contribution in [3.63, 3.8) is 0 Å². The maximum absolute atomic E-state index is 14.8. The van der Waals surface area contributed by atoms with Crippen LogP contribution < -0.4 is 43.8 Å². The van der Waals surface area contributed by atoms with Gasteiger partial charge in [-0.25, -0.2) is 9.59 Å². The molecule has 0 saturated carbocycles. The van der Waals surface area contributed by atoms with Crippen molar-refractivity contribution in [3.8, 4) is 40.2 Å². The molecule has 2 N–H and O–H groups in total. The molecule has 4 aromatic rings. The van der Waals surface area contributed by atoms with Gasteiger partial charge < -0.3 is 53.3 Å². The fourth-order valence-corrected chi connectivity index (χ4v) is 7.04. The molecule has 0 aliphatic carbocycles. The maximum Gasteiger partial charge on any atom is 0.328 e. The maximum atomic E-state index is 14.8. The first-order valence-corrected chi connectivity index (χ1v) is 18.8. The highest BCUT2D eigenvalue weighted by molar-refractivity contribution is 5.96. The number of methoxy groups -OCH3 is 8. The monoisotopic (exact) mass is 826 g/mol. The highest BCUT2D eigenvalue weighted by atomic mass is 16.5. The number of carbonyl (C=O) groups is 4. The van der Waals surface area contributed by atoms with Crippen molar-refractivity contribution in [1.29, 1.82) is 0 Å². The van der Waals surface area contributed by atoms with Crippen LogP contribution in [0.1, 0.15) is 45.4 Å². The van der Waals surface area contributed by atoms with E-state index in [1.54, 1.807) is 61.7 Å². The Balaban J connectivity index is 1.54. The second-order valence-corrected chi connectivity index (χ2v) is 13.6. The van der Waals surface area contributed by atoms with Gasteiger partial charge in [-0.2, -0.15) is 0 Å². The zero-order valence-corrected chi connectivity index (χ0v) is 35.0. The molecule has 318 valence electrons. The van der Waals surface area contributed by atoms with Gasteiger partial charge in [0.15, 0.2) is 34.5 Å². The normalized spacial score (nSPS) is 15.1. The Labute approximate surface area is 348 Å². The predicted octanol–water partition coefficient (Wildman–Crippen LogP) is 5.08. The molecular weight excluding hydrogens is 776 g/mol. The fourth-order valence-electron chi connectivity index (χ4n) is 7.04. The van der Waals surface area contributed by atoms with E-state index < -0.39 is 47.9 Å². The van der Waals surface area contributed by atoms with Crippen LogP contribution >= 0.6 is 0 Å². The van der Waals surface area contributed by atoms with E-state index in [-0.39, 0.29) is 18.6 Å². The number of hydrogen-bond acceptors (Lipinski definition) is 13. The molecule has 4 aromatic carbocycles. The predicted molar refractivity (Wildman–Crippen MR) is 220 cm³/mol. The number of carbonyl (C=O) groups excluding carboxylic acids is 4. The summed E-state index contributed by atoms with van der Waals surface area (Å²) >= 11 is 0. The zero-order valence-electron chi connectivity index (χ0n) is 35.0. The Bertz CT molecular complexity index is 2240. The third-order valence-electron chi connectivity index (χ3n) is 10.1. The van der Waals surface area contributed by atoms with Gasteiger partial charge in [0.1, 0.15) is 29.9 Å². The molecular formula is C45H50N2O13. The Morgan fingerprint density at radius 1 is 0.617 bits per heavy atom. The van der Waals surface area contributed by atoms with Crippen molar-refractivity contribution >= 4 is 29.8 Å². The first-order chi connectivity index (χ1) is 28.9. The quantitative estimate of drug-likeness (QED) is 0.101. The van der Waals surface area contributed by atoms with E-state index in [4.69, 9.17) is 42.6 Å². The van der Waals surface area contributed by atoms with Crippen molar-refractivity contribution < 1.29 is 61.8 Å². The number of hydrogen-bond donors (Lipinski definition) is 2. The summed E-state index contributed by atoms with van der Waals surface area (Å²) in [6.45, 7) is 1.90. The van der Waals surface area contributed by atoms with Crippen LogP contribution in [-0.2, 0) is 41.5 Å². The lowest BCUT2D eigenvalue weighted by Crippen LogP contribution is -2.45. The molecule has 5 rings (SSSR count). The van der Waals surface area contributed by atoms with Gasteiger partial charge in [-0.1, -0.05) is 30.3 Å². The number of nitrogens with one attached hydrogen (secondary N) is 2. The van der Waals surface area contributed by atoms with E-state index in [9.17, 15) is 19.2 Å². The zero-order chi connectivity index (χ0) is 43.5. The van der Waals surface area contributed by atoms with Crippen molar-refractivity contribution in [3.05, 3.63) is 106 Å². The number of benzene rings is 4. The van der Waals surface area contributed by atoms with Crippen molar-refractivity contribution in [1.82, 2.24) is 10.6 Å². The molecule has 1 heterocycles. The number of amides is 2. The molecule has 0 fully saturated rings. The molecule has 0 saturated heterocycles. The third-order valence-corrected chi connectivity index (χ3v) is 10.1. The van der Waals surface area contributed by atoms with Gasteiger partial charge in [0.2, 0.25) is 11.8 Å². The highest BCUT2D eigenvalue weighted by Gasteiger charge is 2.45. The Hall–Kier alpha value is -6.90. The van der Waals surface area contributed by atoms with Crippen LogP contribution in [-0.4, -0.2) is 92.7 Å². The van der Waals surface area contributed by atoms with E-state index in [1.807, 2.05) is 19.1 Å². The van der Waals surface area contributed by atoms with Gasteiger partial charge in [-0.15, -0.1) is 0 Å². The lowest BCUT2D eigenvalue weighted by atomic mass is 9.86. The van der Waals surface area contributed by atoms with E-state index in [0.717, 1.165) is 11.1 Å². The Morgan fingerprint density at radius 2 is 1.13 bits per heavy atom. The number of aryl methyl sites for hydroxylation is 1. The van der Waals surface area contributed by atoms with Crippen LogP contribution in [0, 0.1) is 6.92 Å². The number of ether oxygens (including phenoxy) is 9. The van der Waals surface area contributed by atoms with E-state index in [2.05, 4.69) is 10.6 Å². The largest absolute Gasteiger partial charge is 0.496 e. The van der Waals surface area contributed by atoms with Crippen molar-refractivity contribution in [2.24, 2.45) is 0 Å². The molecule has 2 amide bonds. The molecule has 0 bridgehead atoms. The highest BCUT2D eigenvalue weighted by Crippen LogP contribution is 2.53. The summed E-state index contributed by atoms with van der Waals surface area (Å²) < 4.78 is 49.7. The standard InChI is InChI=1S/C45H50N2O13/c1-25-10-11-26(22-35(25)55-5)20-30(44(50)58-8)46-38(48)19-15-28-13-18-34(54-4)42-39(28)40(41(60-42)29-14-17-33(53-3)37(24-29)57-7)43(49)47-31(45(51)59-9)21-27-12-16-32(52-2)36(23-27)56-6/h10-19,22-24,30-31,40-41H,20-21H2,1-9H3,(H,46,48)(H,47,49)/b19-15+. The van der Waals surface area contributed by atoms with Crippen LogP contribution in [0.3, 0.4) is 0 Å².